The summed E-state index contributed by atoms with van der Waals surface area (Å²) in [6.07, 6.45) is 0. The molecule has 4 aliphatic rings. The summed E-state index contributed by atoms with van der Waals surface area (Å²) >= 11 is 23.9. The standard InChI is InChI=1S/C43H25Cl2N.C31H17Br2N.C18H12BrN/c44-30-18-12-26(13-19-30)28-16-22-32-33-23-17-29(27-14-20-31(45)21-15-27)25-39(33)43(38(32)24-28)36-8-2-4-11-41(36)46-40-10-3-1-6-34(40)35-7-5-9-37(43)42(35)46;32-18-12-14-20-21-15-13-19(33)17-27(21)31(26(20)16-18)24-8-2-4-11-29(24)34-28-10-3-1-6-22(28)23-7-5-9-25(31)30(23)34;19-15-9-3-6-12-18(15)20-16-10-4-1-7-13(16)14-8-2-5-11-17(14)20/h1-25H;1-17H;1-12H. The first-order valence-electron chi connectivity index (χ1n) is 33.6. The molecule has 5 heterocycles. The minimum absolute atomic E-state index is 0.390. The predicted octanol–water partition coefficient (Wildman–Crippen LogP) is 26.6. The Morgan fingerprint density at radius 2 is 0.540 bits per heavy atom. The first-order valence-corrected chi connectivity index (χ1v) is 36.7. The summed E-state index contributed by atoms with van der Waals surface area (Å²) in [4.78, 5) is 0. The molecule has 22 rings (SSSR count). The van der Waals surface area contributed by atoms with E-state index in [1.807, 2.05) is 30.3 Å². The zero-order valence-electron chi connectivity index (χ0n) is 53.4. The van der Waals surface area contributed by atoms with Gasteiger partial charge >= 0.3 is 0 Å². The third-order valence-corrected chi connectivity index (χ3v) is 23.7. The molecule has 0 fully saturated rings. The van der Waals surface area contributed by atoms with Crippen LogP contribution in [0.4, 0.5) is 0 Å². The van der Waals surface area contributed by atoms with Crippen LogP contribution in [0.5, 0.6) is 0 Å². The van der Waals surface area contributed by atoms with E-state index in [2.05, 4.69) is 359 Å². The maximum Gasteiger partial charge on any atom is 0.0755 e. The molecule has 0 atom stereocenters. The number of rotatable bonds is 3. The minimum atomic E-state index is -0.532. The van der Waals surface area contributed by atoms with Crippen molar-refractivity contribution in [2.24, 2.45) is 0 Å². The van der Waals surface area contributed by atoms with Gasteiger partial charge in [0.25, 0.3) is 0 Å². The third-order valence-electron chi connectivity index (χ3n) is 21.5. The SMILES string of the molecule is Brc1ccc2c(c1)C1(c3cc(Br)ccc3-2)c2ccccc2-n2c3ccccc3c3cccc1c32.Brc1ccccc1-n1c2ccccc2c2ccccc21.Clc1ccc(-c2ccc3c(c2)C2(c4cc(-c5ccc(Cl)cc5)ccc4-3)c3ccccc3-n3c4ccccc4c4cccc2c43)cc1. The zero-order valence-corrected chi connectivity index (χ0v) is 59.7. The van der Waals surface area contributed by atoms with Crippen molar-refractivity contribution in [2.45, 2.75) is 10.8 Å². The number of hydrogen-bond acceptors (Lipinski definition) is 0. The summed E-state index contributed by atoms with van der Waals surface area (Å²) < 4.78 is 10.6. The molecule has 472 valence electrons. The Hall–Kier alpha value is -10.3. The summed E-state index contributed by atoms with van der Waals surface area (Å²) in [5.74, 6) is 0. The van der Waals surface area contributed by atoms with Crippen LogP contribution in [0.2, 0.25) is 10.0 Å². The number of nitrogens with zero attached hydrogens (tertiary/aromatic N) is 3. The Morgan fingerprint density at radius 3 is 0.960 bits per heavy atom. The van der Waals surface area contributed by atoms with Crippen LogP contribution in [-0.4, -0.2) is 13.7 Å². The average Bonchev–Trinajstić information content (AvgIpc) is 1.61. The van der Waals surface area contributed by atoms with Gasteiger partial charge in [0.1, 0.15) is 0 Å². The quantitative estimate of drug-likeness (QED) is 0.167. The van der Waals surface area contributed by atoms with Crippen LogP contribution in [-0.2, 0) is 10.8 Å². The number of fused-ring (bicyclic) bond motifs is 27. The highest BCUT2D eigenvalue weighted by Gasteiger charge is 2.53. The summed E-state index contributed by atoms with van der Waals surface area (Å²) in [6.45, 7) is 0. The molecule has 0 unspecified atom stereocenters. The van der Waals surface area contributed by atoms with Gasteiger partial charge in [-0.25, -0.2) is 0 Å². The topological polar surface area (TPSA) is 14.8 Å². The number of hydrogen-bond donors (Lipinski definition) is 0. The van der Waals surface area contributed by atoms with E-state index in [1.54, 1.807) is 0 Å². The van der Waals surface area contributed by atoms with Crippen molar-refractivity contribution in [1.29, 1.82) is 0 Å². The van der Waals surface area contributed by atoms with E-state index >= 15 is 0 Å². The number of para-hydroxylation sites is 9. The van der Waals surface area contributed by atoms with Crippen molar-refractivity contribution in [1.82, 2.24) is 13.7 Å². The first-order chi connectivity index (χ1) is 49.2. The van der Waals surface area contributed by atoms with Crippen LogP contribution in [0.15, 0.2) is 341 Å². The Kier molecular flexibility index (Phi) is 13.7. The van der Waals surface area contributed by atoms with Crippen LogP contribution in [0.25, 0.3) is 127 Å². The fourth-order valence-electron chi connectivity index (χ4n) is 17.6. The van der Waals surface area contributed by atoms with Crippen molar-refractivity contribution < 1.29 is 0 Å². The average molecular weight is 1510 g/mol. The highest BCUT2D eigenvalue weighted by atomic mass is 79.9. The van der Waals surface area contributed by atoms with E-state index in [0.717, 1.165) is 34.6 Å². The van der Waals surface area contributed by atoms with Crippen LogP contribution >= 0.6 is 71.0 Å². The molecule has 0 saturated carbocycles. The maximum absolute atomic E-state index is 6.32. The lowest BCUT2D eigenvalue weighted by Crippen LogP contribution is -2.33. The lowest BCUT2D eigenvalue weighted by molar-refractivity contribution is 0.747. The van der Waals surface area contributed by atoms with Crippen LogP contribution in [0.3, 0.4) is 0 Å². The second-order valence-corrected chi connectivity index (χ2v) is 29.9. The van der Waals surface area contributed by atoms with E-state index in [1.165, 1.54) is 160 Å². The highest BCUT2D eigenvalue weighted by Crippen LogP contribution is 2.64. The van der Waals surface area contributed by atoms with E-state index in [9.17, 15) is 0 Å². The van der Waals surface area contributed by atoms with Crippen LogP contribution < -0.4 is 0 Å². The second-order valence-electron chi connectivity index (χ2n) is 26.4. The van der Waals surface area contributed by atoms with Gasteiger partial charge in [0.2, 0.25) is 0 Å². The molecule has 8 heteroatoms. The van der Waals surface area contributed by atoms with Gasteiger partial charge in [-0.1, -0.05) is 273 Å². The van der Waals surface area contributed by atoms with Gasteiger partial charge in [-0.15, -0.1) is 0 Å². The molecule has 2 spiro atoms. The summed E-state index contributed by atoms with van der Waals surface area (Å²) in [5.41, 5.74) is 30.6. The Balaban J connectivity index is 0.000000109. The van der Waals surface area contributed by atoms with E-state index in [-0.39, 0.29) is 0 Å². The Labute approximate surface area is 612 Å². The van der Waals surface area contributed by atoms with Crippen molar-refractivity contribution in [3.63, 3.8) is 0 Å². The monoisotopic (exact) mass is 1510 g/mol. The molecular formula is C92H54Br3Cl2N3. The molecule has 0 radical (unpaired) electrons. The number of aromatic nitrogens is 3. The molecule has 100 heavy (non-hydrogen) atoms. The van der Waals surface area contributed by atoms with Crippen molar-refractivity contribution in [3.05, 3.63) is 396 Å². The highest BCUT2D eigenvalue weighted by molar-refractivity contribution is 9.11. The van der Waals surface area contributed by atoms with Gasteiger partial charge < -0.3 is 13.7 Å². The fourth-order valence-corrected chi connectivity index (χ4v) is 19.1. The zero-order chi connectivity index (χ0) is 66.7. The van der Waals surface area contributed by atoms with Crippen molar-refractivity contribution in [3.8, 4) is 61.6 Å². The van der Waals surface area contributed by atoms with E-state index in [0.29, 0.717) is 0 Å². The van der Waals surface area contributed by atoms with Gasteiger partial charge in [-0.2, -0.15) is 0 Å². The van der Waals surface area contributed by atoms with Gasteiger partial charge in [0.15, 0.2) is 0 Å². The molecule has 3 nitrogen and oxygen atoms in total. The molecule has 0 saturated heterocycles. The Bertz CT molecular complexity index is 6290. The largest absolute Gasteiger partial charge is 0.309 e. The van der Waals surface area contributed by atoms with Crippen LogP contribution in [0.1, 0.15) is 44.5 Å². The normalized spacial score (nSPS) is 13.4. The number of benzene rings is 15. The van der Waals surface area contributed by atoms with Gasteiger partial charge in [0.05, 0.1) is 61.0 Å². The third kappa shape index (κ3) is 8.49. The molecule has 0 N–H and O–H groups in total. The van der Waals surface area contributed by atoms with Crippen molar-refractivity contribution >= 4 is 136 Å². The molecule has 18 aromatic rings. The smallest absolute Gasteiger partial charge is 0.0755 e. The molecule has 0 bridgehead atoms. The summed E-state index contributed by atoms with van der Waals surface area (Å²) in [5, 5.41) is 9.22. The molecule has 2 aliphatic heterocycles. The van der Waals surface area contributed by atoms with Gasteiger partial charge in [0, 0.05) is 55.8 Å². The molecule has 3 aromatic heterocycles. The van der Waals surface area contributed by atoms with Crippen molar-refractivity contribution in [2.75, 3.05) is 0 Å². The van der Waals surface area contributed by atoms with Gasteiger partial charge in [-0.3, -0.25) is 0 Å². The van der Waals surface area contributed by atoms with Crippen LogP contribution in [0, 0.1) is 0 Å². The summed E-state index contributed by atoms with van der Waals surface area (Å²) in [6, 6.07) is 119. The predicted molar refractivity (Wildman–Crippen MR) is 428 cm³/mol. The first kappa shape index (κ1) is 59.7. The molecule has 15 aromatic carbocycles. The van der Waals surface area contributed by atoms with Gasteiger partial charge in [-0.05, 0) is 214 Å². The summed E-state index contributed by atoms with van der Waals surface area (Å²) in [7, 11) is 0. The van der Waals surface area contributed by atoms with E-state index in [4.69, 9.17) is 23.2 Å². The number of halogens is 5. The molecule has 0 amide bonds. The molecular weight excluding hydrogens is 1460 g/mol. The fraction of sp³-hybridized carbons (Fsp3) is 0.0217. The maximum atomic E-state index is 6.32. The Morgan fingerprint density at radius 1 is 0.230 bits per heavy atom. The second kappa shape index (κ2) is 22.9. The van der Waals surface area contributed by atoms with E-state index < -0.39 is 10.8 Å². The lowest BCUT2D eigenvalue weighted by Gasteiger charge is -2.40. The lowest BCUT2D eigenvalue weighted by atomic mass is 9.65. The molecule has 2 aliphatic carbocycles. The minimum Gasteiger partial charge on any atom is -0.309 e.